The van der Waals surface area contributed by atoms with Crippen LogP contribution >= 0.6 is 11.6 Å². The first-order valence-electron chi connectivity index (χ1n) is 24.5. The van der Waals surface area contributed by atoms with Crippen molar-refractivity contribution in [3.05, 3.63) is 168 Å². The fraction of sp³-hybridized carbons (Fsp3) is 0.259. The van der Waals surface area contributed by atoms with Crippen molar-refractivity contribution >= 4 is 35.1 Å². The summed E-state index contributed by atoms with van der Waals surface area (Å²) >= 11 is 6.30. The van der Waals surface area contributed by atoms with Gasteiger partial charge in [-0.25, -0.2) is 37.9 Å². The molecule has 9 heterocycles. The molecule has 17 nitrogen and oxygen atoms in total. The minimum Gasteiger partial charge on any atom is -0.358 e. The molecule has 0 spiro atoms. The second-order valence-electron chi connectivity index (χ2n) is 18.8. The minimum atomic E-state index is -0.707. The molecule has 7 aromatic heterocycles. The van der Waals surface area contributed by atoms with Gasteiger partial charge in [0.1, 0.15) is 34.7 Å². The van der Waals surface area contributed by atoms with E-state index in [1.807, 2.05) is 35.2 Å². The number of pyridine rings is 3. The van der Waals surface area contributed by atoms with Gasteiger partial charge in [0.2, 0.25) is 11.6 Å². The van der Waals surface area contributed by atoms with E-state index < -0.39 is 23.4 Å². The zero-order valence-corrected chi connectivity index (χ0v) is 44.5. The Labute approximate surface area is 449 Å². The number of aryl methyl sites for hydroxylation is 2. The Morgan fingerprint density at radius 1 is 0.667 bits per heavy atom. The maximum Gasteiger partial charge on any atom is 0.327 e. The zero-order chi connectivity index (χ0) is 49.6. The number of imidazole rings is 2. The minimum absolute atomic E-state index is 0. The van der Waals surface area contributed by atoms with Gasteiger partial charge in [0, 0.05) is 91.9 Å². The summed E-state index contributed by atoms with van der Waals surface area (Å²) in [6.45, 7) is 1.74. The Morgan fingerprint density at radius 2 is 1.19 bits per heavy atom. The van der Waals surface area contributed by atoms with Crippen molar-refractivity contribution in [1.82, 2.24) is 54.4 Å². The standard InChI is InChI=1S/C29H25FN8O.C24H21ClFN7O.CH3.W/c30-22-13-20(19-5-4-11-31-15-19)25(37-16-24(32-17-37)18-9-10-18)14-21(22)29(39)34-26-7-3-6-23(33-26)28-36-35-27-8-1-2-12-38(27)28;25-16-11-17(26)15(10-20(16)32-12-19(27-13-32)14-7-8-14)24(34)29-21-5-3-4-18(28-21)23-31-30-22-6-1-2-9-33(22)23;;/h3-7,11,13-18H,1-2,8-10,12H2,(H,33,34,39);3-5,10-14H,1-2,6-9H2,(H,28,29,34);1H3;/q;;-1;/p+2. The van der Waals surface area contributed by atoms with Gasteiger partial charge < -0.3 is 27.2 Å². The van der Waals surface area contributed by atoms with Gasteiger partial charge in [0.05, 0.1) is 64.7 Å². The van der Waals surface area contributed by atoms with E-state index in [-0.39, 0.29) is 44.6 Å². The van der Waals surface area contributed by atoms with Gasteiger partial charge in [0.15, 0.2) is 0 Å². The van der Waals surface area contributed by atoms with Crippen molar-refractivity contribution < 1.29 is 48.6 Å². The maximum atomic E-state index is 15.5. The van der Waals surface area contributed by atoms with Crippen LogP contribution in [0.5, 0.6) is 0 Å². The molecule has 0 unspecified atom stereocenters. The van der Waals surface area contributed by atoms with Crippen molar-refractivity contribution in [3.8, 4) is 45.5 Å². The predicted molar refractivity (Wildman–Crippen MR) is 271 cm³/mol. The second kappa shape index (κ2) is 21.7. The molecule has 0 bridgehead atoms. The monoisotopic (exact) mass is 1200 g/mol. The summed E-state index contributed by atoms with van der Waals surface area (Å²) in [4.78, 5) is 48.7. The van der Waals surface area contributed by atoms with E-state index in [0.717, 1.165) is 124 Å². The molecule has 75 heavy (non-hydrogen) atoms. The largest absolute Gasteiger partial charge is 0.358 e. The molecule has 2 aliphatic heterocycles. The Hall–Kier alpha value is -7.63. The third kappa shape index (κ3) is 10.7. The summed E-state index contributed by atoms with van der Waals surface area (Å²) in [5.41, 5.74) is 5.54. The van der Waals surface area contributed by atoms with Gasteiger partial charge in [-0.2, -0.15) is 0 Å². The van der Waals surface area contributed by atoms with Crippen molar-refractivity contribution in [1.29, 1.82) is 0 Å². The number of halogens is 3. The number of H-pyrrole nitrogens is 2. The molecule has 9 aromatic rings. The van der Waals surface area contributed by atoms with Crippen LogP contribution in [0.25, 0.3) is 45.5 Å². The fourth-order valence-electron chi connectivity index (χ4n) is 9.47. The van der Waals surface area contributed by atoms with E-state index in [1.165, 1.54) is 12.1 Å². The van der Waals surface area contributed by atoms with Crippen LogP contribution in [-0.4, -0.2) is 66.3 Å². The number of benzene rings is 2. The first kappa shape index (κ1) is 50.9. The van der Waals surface area contributed by atoms with E-state index in [4.69, 9.17) is 11.6 Å². The number of nitrogens with one attached hydrogen (secondary N) is 4. The molecule has 13 rings (SSSR count). The van der Waals surface area contributed by atoms with Gasteiger partial charge in [0.25, 0.3) is 11.8 Å². The van der Waals surface area contributed by atoms with Gasteiger partial charge in [-0.3, -0.25) is 14.6 Å². The summed E-state index contributed by atoms with van der Waals surface area (Å²) in [5, 5.41) is 20.7. The molecule has 21 heteroatoms. The molecule has 0 saturated heterocycles. The van der Waals surface area contributed by atoms with Crippen LogP contribution in [0.3, 0.4) is 0 Å². The molecule has 2 saturated carbocycles. The number of carbonyl (C=O) groups is 2. The summed E-state index contributed by atoms with van der Waals surface area (Å²) in [5.74, 6) is 2.61. The molecule has 2 aromatic carbocycles. The quantitative estimate of drug-likeness (QED) is 0.0721. The Kier molecular flexibility index (Phi) is 14.7. The third-order valence-electron chi connectivity index (χ3n) is 13.6. The van der Waals surface area contributed by atoms with Crippen molar-refractivity contribution in [2.45, 2.75) is 89.1 Å². The predicted octanol–water partition coefficient (Wildman–Crippen LogP) is 9.26. The first-order valence-corrected chi connectivity index (χ1v) is 24.9. The third-order valence-corrected chi connectivity index (χ3v) is 13.9. The van der Waals surface area contributed by atoms with Gasteiger partial charge in [-0.05, 0) is 106 Å². The van der Waals surface area contributed by atoms with Crippen LogP contribution in [-0.2, 0) is 47.0 Å². The SMILES string of the molecule is O=C(Nc1cccc(-c2n[nH]c3[n+]2CCCC3)n1)c1cc(-n2cnc(C3CC3)c2)c(-c2cccnc2)cc1F.O=C(Nc1cccc(-c2n[nH]c3[n+]2CCCC3)n1)c1cc(-n2cnc(C3CC3)c2)c(Cl)cc1F.[CH3-].[W]. The molecule has 2 aliphatic carbocycles. The number of nitrogens with zero attached hydrogens (tertiary/aromatic N) is 11. The van der Waals surface area contributed by atoms with Crippen molar-refractivity contribution in [3.63, 3.8) is 0 Å². The van der Waals surface area contributed by atoms with Crippen molar-refractivity contribution in [2.24, 2.45) is 0 Å². The second-order valence-corrected chi connectivity index (χ2v) is 19.2. The van der Waals surface area contributed by atoms with Gasteiger partial charge in [-0.15, -0.1) is 10.2 Å². The van der Waals surface area contributed by atoms with Crippen LogP contribution in [0.2, 0.25) is 5.02 Å². The number of rotatable bonds is 11. The summed E-state index contributed by atoms with van der Waals surface area (Å²) in [6, 6.07) is 19.8. The average molecular weight is 1200 g/mol. The number of aromatic nitrogens is 13. The number of hydrogen-bond acceptors (Lipinski definition) is 9. The smallest absolute Gasteiger partial charge is 0.327 e. The van der Waals surface area contributed by atoms with Crippen molar-refractivity contribution in [2.75, 3.05) is 10.6 Å². The molecule has 4 N–H and O–H groups in total. The molecule has 2 amide bonds. The molecular formula is C54H51ClF2N15O2W+. The van der Waals surface area contributed by atoms with Crippen LogP contribution in [0.1, 0.15) is 107 Å². The number of amides is 2. The summed E-state index contributed by atoms with van der Waals surface area (Å²) < 4.78 is 38.0. The molecule has 0 atom stereocenters. The number of hydrogen-bond donors (Lipinski definition) is 4. The topological polar surface area (TPSA) is 198 Å². The number of aromatic amines is 2. The molecule has 0 radical (unpaired) electrons. The van der Waals surface area contributed by atoms with Crippen LogP contribution < -0.4 is 19.8 Å². The first-order chi connectivity index (χ1) is 35.7. The van der Waals surface area contributed by atoms with Crippen LogP contribution in [0.15, 0.2) is 110 Å². The summed E-state index contributed by atoms with van der Waals surface area (Å²) in [7, 11) is 0. The van der Waals surface area contributed by atoms with Gasteiger partial charge in [-0.1, -0.05) is 29.8 Å². The molecule has 4 aliphatic rings. The van der Waals surface area contributed by atoms with Gasteiger partial charge >= 0.3 is 11.6 Å². The Balaban J connectivity index is 0.000000168. The van der Waals surface area contributed by atoms with Crippen LogP contribution in [0.4, 0.5) is 20.4 Å². The number of fused-ring (bicyclic) bond motifs is 2. The molecular weight excluding hydrogens is 1150 g/mol. The fourth-order valence-corrected chi connectivity index (χ4v) is 9.72. The Bertz CT molecular complexity index is 3570. The van der Waals surface area contributed by atoms with E-state index in [2.05, 4.69) is 65.1 Å². The molecule has 380 valence electrons. The van der Waals surface area contributed by atoms with E-state index in [9.17, 15) is 14.0 Å². The number of carbonyl (C=O) groups excluding carboxylic acids is 2. The average Bonchev–Trinajstić information content (AvgIpc) is 4.21. The maximum absolute atomic E-state index is 15.5. The molecule has 2 fully saturated rings. The van der Waals surface area contributed by atoms with E-state index >= 15 is 4.39 Å². The number of anilines is 2. The normalized spacial score (nSPS) is 14.5. The van der Waals surface area contributed by atoms with E-state index in [0.29, 0.717) is 51.8 Å². The zero-order valence-electron chi connectivity index (χ0n) is 40.8. The van der Waals surface area contributed by atoms with Crippen LogP contribution in [0, 0.1) is 19.1 Å². The summed E-state index contributed by atoms with van der Waals surface area (Å²) in [6.07, 6.45) is 21.3. The Morgan fingerprint density at radius 3 is 1.71 bits per heavy atom. The van der Waals surface area contributed by atoms with E-state index in [1.54, 1.807) is 66.0 Å².